The lowest BCUT2D eigenvalue weighted by Gasteiger charge is -2.40. The molecule has 2 aromatic rings. The van der Waals surface area contributed by atoms with Crippen molar-refractivity contribution in [1.82, 2.24) is 19.6 Å². The monoisotopic (exact) mass is 356 g/mol. The second kappa shape index (κ2) is 7.27. The highest BCUT2D eigenvalue weighted by Gasteiger charge is 2.27. The summed E-state index contributed by atoms with van der Waals surface area (Å²) in [5.74, 6) is 0.833. The van der Waals surface area contributed by atoms with Gasteiger partial charge in [0.15, 0.2) is 0 Å². The van der Waals surface area contributed by atoms with Crippen molar-refractivity contribution in [2.45, 2.75) is 38.1 Å². The van der Waals surface area contributed by atoms with Crippen LogP contribution in [0.3, 0.4) is 0 Å². The topological polar surface area (TPSA) is 50.6 Å². The van der Waals surface area contributed by atoms with Gasteiger partial charge in [0, 0.05) is 44.8 Å². The van der Waals surface area contributed by atoms with E-state index >= 15 is 0 Å². The average Bonchev–Trinajstić information content (AvgIpc) is 3.02. The first-order chi connectivity index (χ1) is 12.7. The number of amides is 1. The highest BCUT2D eigenvalue weighted by atomic mass is 16.5. The van der Waals surface area contributed by atoms with E-state index in [1.165, 1.54) is 32.1 Å². The standard InChI is InChI=1S/C20H28N4O2/c1-22-20(26-2)17-9-8-15(14-18(17)21-22)19(25)24-12-10-23(11-13-24)16-6-4-3-5-7-16/h8-9,14,16H,3-7,10-13H2,1-2H3. The molecular weight excluding hydrogens is 328 g/mol. The third-order valence-corrected chi connectivity index (χ3v) is 5.91. The first-order valence-electron chi connectivity index (χ1n) is 9.71. The van der Waals surface area contributed by atoms with Gasteiger partial charge in [-0.2, -0.15) is 5.10 Å². The maximum atomic E-state index is 12.9. The van der Waals surface area contributed by atoms with E-state index in [2.05, 4.69) is 10.00 Å². The van der Waals surface area contributed by atoms with Crippen molar-refractivity contribution in [2.24, 2.45) is 7.05 Å². The Balaban J connectivity index is 1.44. The lowest BCUT2D eigenvalue weighted by atomic mass is 9.94. The Morgan fingerprint density at radius 3 is 2.54 bits per heavy atom. The fraction of sp³-hybridized carbons (Fsp3) is 0.600. The summed E-state index contributed by atoms with van der Waals surface area (Å²) in [5.41, 5.74) is 1.51. The van der Waals surface area contributed by atoms with Crippen LogP contribution in [0.25, 0.3) is 10.9 Å². The SMILES string of the molecule is COc1c2ccc(C(=O)N3CCN(C4CCCCC4)CC3)cc2nn1C. The molecule has 0 N–H and O–H groups in total. The molecule has 2 heterocycles. The quantitative estimate of drug-likeness (QED) is 0.848. The number of nitrogens with zero attached hydrogens (tertiary/aromatic N) is 4. The van der Waals surface area contributed by atoms with Crippen molar-refractivity contribution in [3.05, 3.63) is 23.8 Å². The zero-order chi connectivity index (χ0) is 18.1. The molecule has 0 bridgehead atoms. The normalized spacial score (nSPS) is 19.8. The molecule has 1 aliphatic heterocycles. The lowest BCUT2D eigenvalue weighted by Crippen LogP contribution is -2.52. The van der Waals surface area contributed by atoms with Crippen LogP contribution in [0.2, 0.25) is 0 Å². The van der Waals surface area contributed by atoms with Gasteiger partial charge >= 0.3 is 0 Å². The van der Waals surface area contributed by atoms with E-state index < -0.39 is 0 Å². The maximum absolute atomic E-state index is 12.9. The number of benzene rings is 1. The number of ether oxygens (including phenoxy) is 1. The largest absolute Gasteiger partial charge is 0.481 e. The number of hydrogen-bond acceptors (Lipinski definition) is 4. The summed E-state index contributed by atoms with van der Waals surface area (Å²) in [6, 6.07) is 6.45. The van der Waals surface area contributed by atoms with Crippen molar-refractivity contribution in [2.75, 3.05) is 33.3 Å². The predicted octanol–water partition coefficient (Wildman–Crippen LogP) is 2.67. The molecule has 1 aromatic carbocycles. The van der Waals surface area contributed by atoms with Crippen molar-refractivity contribution in [3.8, 4) is 5.88 Å². The smallest absolute Gasteiger partial charge is 0.254 e. The zero-order valence-electron chi connectivity index (χ0n) is 15.8. The molecule has 0 radical (unpaired) electrons. The van der Waals surface area contributed by atoms with Gasteiger partial charge < -0.3 is 9.64 Å². The number of aromatic nitrogens is 2. The summed E-state index contributed by atoms with van der Waals surface area (Å²) < 4.78 is 7.09. The molecule has 1 saturated heterocycles. The molecule has 1 aromatic heterocycles. The van der Waals surface area contributed by atoms with Crippen LogP contribution in [-0.2, 0) is 7.05 Å². The zero-order valence-corrected chi connectivity index (χ0v) is 15.8. The molecular formula is C20H28N4O2. The number of rotatable bonds is 3. The van der Waals surface area contributed by atoms with Gasteiger partial charge in [-0.1, -0.05) is 19.3 Å². The number of carbonyl (C=O) groups is 1. The van der Waals surface area contributed by atoms with E-state index in [9.17, 15) is 4.79 Å². The van der Waals surface area contributed by atoms with Gasteiger partial charge in [-0.3, -0.25) is 9.69 Å². The number of piperazine rings is 1. The molecule has 6 heteroatoms. The predicted molar refractivity (Wildman–Crippen MR) is 102 cm³/mol. The Morgan fingerprint density at radius 1 is 1.12 bits per heavy atom. The molecule has 0 unspecified atom stereocenters. The van der Waals surface area contributed by atoms with Gasteiger partial charge in [-0.25, -0.2) is 4.68 Å². The van der Waals surface area contributed by atoms with Gasteiger partial charge in [-0.15, -0.1) is 0 Å². The first-order valence-corrected chi connectivity index (χ1v) is 9.71. The van der Waals surface area contributed by atoms with Gasteiger partial charge in [0.2, 0.25) is 5.88 Å². The molecule has 2 aliphatic rings. The minimum absolute atomic E-state index is 0.111. The Bertz CT molecular complexity index is 786. The minimum Gasteiger partial charge on any atom is -0.481 e. The van der Waals surface area contributed by atoms with Crippen molar-refractivity contribution < 1.29 is 9.53 Å². The van der Waals surface area contributed by atoms with Crippen LogP contribution in [0, 0.1) is 0 Å². The van der Waals surface area contributed by atoms with E-state index in [1.807, 2.05) is 30.1 Å². The van der Waals surface area contributed by atoms with E-state index in [-0.39, 0.29) is 5.91 Å². The molecule has 1 amide bonds. The van der Waals surface area contributed by atoms with Crippen LogP contribution in [0.15, 0.2) is 18.2 Å². The van der Waals surface area contributed by atoms with Gasteiger partial charge in [-0.05, 0) is 31.0 Å². The molecule has 6 nitrogen and oxygen atoms in total. The van der Waals surface area contributed by atoms with Gasteiger partial charge in [0.1, 0.15) is 0 Å². The third-order valence-electron chi connectivity index (χ3n) is 5.91. The summed E-state index contributed by atoms with van der Waals surface area (Å²) in [6.45, 7) is 3.63. The molecule has 4 rings (SSSR count). The fourth-order valence-electron chi connectivity index (χ4n) is 4.47. The van der Waals surface area contributed by atoms with Crippen molar-refractivity contribution in [1.29, 1.82) is 0 Å². The van der Waals surface area contributed by atoms with Crippen LogP contribution in [0.5, 0.6) is 5.88 Å². The minimum atomic E-state index is 0.111. The average molecular weight is 356 g/mol. The molecule has 2 fully saturated rings. The van der Waals surface area contributed by atoms with Crippen molar-refractivity contribution >= 4 is 16.8 Å². The second-order valence-corrected chi connectivity index (χ2v) is 7.48. The summed E-state index contributed by atoms with van der Waals surface area (Å²) in [4.78, 5) is 17.5. The number of methoxy groups -OCH3 is 1. The summed E-state index contributed by atoms with van der Waals surface area (Å²) in [6.07, 6.45) is 6.75. The van der Waals surface area contributed by atoms with Gasteiger partial charge in [0.05, 0.1) is 18.0 Å². The Labute approximate surface area is 154 Å². The number of aryl methyl sites for hydroxylation is 1. The van der Waals surface area contributed by atoms with Crippen LogP contribution < -0.4 is 4.74 Å². The van der Waals surface area contributed by atoms with Crippen LogP contribution in [-0.4, -0.2) is 64.8 Å². The molecule has 140 valence electrons. The summed E-state index contributed by atoms with van der Waals surface area (Å²) >= 11 is 0. The second-order valence-electron chi connectivity index (χ2n) is 7.48. The Kier molecular flexibility index (Phi) is 4.85. The molecule has 1 aliphatic carbocycles. The van der Waals surface area contributed by atoms with E-state index in [0.717, 1.165) is 49.0 Å². The summed E-state index contributed by atoms with van der Waals surface area (Å²) in [5, 5.41) is 5.40. The Hall–Kier alpha value is -2.08. The highest BCUT2D eigenvalue weighted by Crippen LogP contribution is 2.27. The van der Waals surface area contributed by atoms with Crippen LogP contribution in [0.4, 0.5) is 0 Å². The number of hydrogen-bond donors (Lipinski definition) is 0. The van der Waals surface area contributed by atoms with E-state index in [4.69, 9.17) is 4.74 Å². The van der Waals surface area contributed by atoms with Gasteiger partial charge in [0.25, 0.3) is 5.91 Å². The first kappa shape index (κ1) is 17.3. The van der Waals surface area contributed by atoms with Crippen molar-refractivity contribution in [3.63, 3.8) is 0 Å². The molecule has 0 atom stereocenters. The van der Waals surface area contributed by atoms with Crippen LogP contribution in [0.1, 0.15) is 42.5 Å². The Morgan fingerprint density at radius 2 is 1.85 bits per heavy atom. The third kappa shape index (κ3) is 3.18. The molecule has 26 heavy (non-hydrogen) atoms. The number of carbonyl (C=O) groups excluding carboxylic acids is 1. The highest BCUT2D eigenvalue weighted by molar-refractivity contribution is 5.98. The van der Waals surface area contributed by atoms with E-state index in [0.29, 0.717) is 5.56 Å². The number of fused-ring (bicyclic) bond motifs is 1. The summed E-state index contributed by atoms with van der Waals surface area (Å²) in [7, 11) is 3.49. The maximum Gasteiger partial charge on any atom is 0.254 e. The van der Waals surface area contributed by atoms with Crippen LogP contribution >= 0.6 is 0 Å². The van der Waals surface area contributed by atoms with E-state index in [1.54, 1.807) is 11.8 Å². The molecule has 1 saturated carbocycles. The fourth-order valence-corrected chi connectivity index (χ4v) is 4.47. The lowest BCUT2D eigenvalue weighted by molar-refractivity contribution is 0.0523. The molecule has 0 spiro atoms.